The maximum absolute atomic E-state index is 12.9. The van der Waals surface area contributed by atoms with Crippen LogP contribution in [-0.4, -0.2) is 74.7 Å². The summed E-state index contributed by atoms with van der Waals surface area (Å²) in [7, 11) is -0.0249. The first-order valence-electron chi connectivity index (χ1n) is 9.00. The average molecular weight is 382 g/mol. The predicted molar refractivity (Wildman–Crippen MR) is 104 cm³/mol. The van der Waals surface area contributed by atoms with E-state index in [9.17, 15) is 13.2 Å². The second-order valence-corrected chi connectivity index (χ2v) is 10.1. The number of hydrogen-bond donors (Lipinski definition) is 0. The van der Waals surface area contributed by atoms with Gasteiger partial charge in [0.25, 0.3) is 0 Å². The van der Waals surface area contributed by atoms with Crippen molar-refractivity contribution in [2.75, 3.05) is 40.3 Å². The van der Waals surface area contributed by atoms with E-state index in [-0.39, 0.29) is 17.4 Å². The Morgan fingerprint density at radius 1 is 1.04 bits per heavy atom. The van der Waals surface area contributed by atoms with Crippen molar-refractivity contribution in [1.82, 2.24) is 14.1 Å². The molecule has 2 rings (SSSR count). The Morgan fingerprint density at radius 3 is 1.96 bits per heavy atom. The van der Waals surface area contributed by atoms with Crippen LogP contribution in [0.4, 0.5) is 0 Å². The molecular formula is C19H31N3O3S. The molecular weight excluding hydrogens is 350 g/mol. The highest BCUT2D eigenvalue weighted by molar-refractivity contribution is 7.89. The lowest BCUT2D eigenvalue weighted by Gasteiger charge is -2.37. The third-order valence-corrected chi connectivity index (χ3v) is 6.89. The van der Waals surface area contributed by atoms with Crippen LogP contribution in [0.2, 0.25) is 0 Å². The molecule has 0 aliphatic carbocycles. The van der Waals surface area contributed by atoms with Crippen LogP contribution in [0.3, 0.4) is 0 Å². The van der Waals surface area contributed by atoms with Crippen LogP contribution >= 0.6 is 0 Å². The summed E-state index contributed by atoms with van der Waals surface area (Å²) >= 11 is 0. The molecule has 0 unspecified atom stereocenters. The van der Waals surface area contributed by atoms with Crippen LogP contribution in [0, 0.1) is 0 Å². The van der Waals surface area contributed by atoms with Crippen LogP contribution in [0.1, 0.15) is 33.3 Å². The van der Waals surface area contributed by atoms with Gasteiger partial charge < -0.3 is 4.90 Å². The maximum Gasteiger partial charge on any atom is 0.243 e. The van der Waals surface area contributed by atoms with Crippen LogP contribution in [0.25, 0.3) is 0 Å². The number of rotatable bonds is 4. The fourth-order valence-corrected chi connectivity index (χ4v) is 4.56. The summed E-state index contributed by atoms with van der Waals surface area (Å²) in [5.74, 6) is 0.0408. The first-order chi connectivity index (χ1) is 11.9. The SMILES string of the molecule is C[C@@H](C(=O)N(C)C)N1CCN(S(=O)(=O)c2ccc(C(C)(C)C)cc2)CC1. The van der Waals surface area contributed by atoms with E-state index in [1.165, 1.54) is 4.31 Å². The van der Waals surface area contributed by atoms with Crippen LogP contribution in [-0.2, 0) is 20.2 Å². The Labute approximate surface area is 157 Å². The lowest BCUT2D eigenvalue weighted by molar-refractivity contribution is -0.134. The number of nitrogens with zero attached hydrogens (tertiary/aromatic N) is 3. The molecule has 146 valence electrons. The van der Waals surface area contributed by atoms with Gasteiger partial charge in [-0.25, -0.2) is 8.42 Å². The van der Waals surface area contributed by atoms with Crippen molar-refractivity contribution in [2.24, 2.45) is 0 Å². The van der Waals surface area contributed by atoms with Crippen molar-refractivity contribution in [3.05, 3.63) is 29.8 Å². The van der Waals surface area contributed by atoms with Crippen LogP contribution in [0.5, 0.6) is 0 Å². The number of benzene rings is 1. The number of amides is 1. The minimum Gasteiger partial charge on any atom is -0.347 e. The Kier molecular flexibility index (Phi) is 6.15. The van der Waals surface area contributed by atoms with Crippen molar-refractivity contribution >= 4 is 15.9 Å². The second-order valence-electron chi connectivity index (χ2n) is 8.12. The van der Waals surface area contributed by atoms with Gasteiger partial charge in [-0.05, 0) is 30.0 Å². The standard InChI is InChI=1S/C19H31N3O3S/c1-15(18(23)20(5)6)21-11-13-22(14-12-21)26(24,25)17-9-7-16(8-10-17)19(2,3)4/h7-10,15H,11-14H2,1-6H3/t15-/m0/s1. The smallest absolute Gasteiger partial charge is 0.243 e. The molecule has 1 atom stereocenters. The van der Waals surface area contributed by atoms with Crippen molar-refractivity contribution < 1.29 is 13.2 Å². The van der Waals surface area contributed by atoms with E-state index in [1.807, 2.05) is 24.0 Å². The highest BCUT2D eigenvalue weighted by atomic mass is 32.2. The van der Waals surface area contributed by atoms with Gasteiger partial charge in [-0.2, -0.15) is 4.31 Å². The lowest BCUT2D eigenvalue weighted by Crippen LogP contribution is -2.54. The molecule has 1 saturated heterocycles. The number of sulfonamides is 1. The second kappa shape index (κ2) is 7.66. The molecule has 1 aromatic carbocycles. The molecule has 0 aromatic heterocycles. The summed E-state index contributed by atoms with van der Waals surface area (Å²) in [6.07, 6.45) is 0. The fourth-order valence-electron chi connectivity index (χ4n) is 3.14. The number of piperazine rings is 1. The van der Waals surface area contributed by atoms with E-state index in [0.29, 0.717) is 31.1 Å². The van der Waals surface area contributed by atoms with Gasteiger partial charge in [0, 0.05) is 40.3 Å². The van der Waals surface area contributed by atoms with Crippen LogP contribution in [0.15, 0.2) is 29.2 Å². The summed E-state index contributed by atoms with van der Waals surface area (Å²) in [4.78, 5) is 16.0. The molecule has 1 aliphatic heterocycles. The van der Waals surface area contributed by atoms with Gasteiger partial charge in [-0.15, -0.1) is 0 Å². The minimum atomic E-state index is -3.50. The van der Waals surface area contributed by atoms with Gasteiger partial charge in [0.05, 0.1) is 10.9 Å². The summed E-state index contributed by atoms with van der Waals surface area (Å²) in [5, 5.41) is 0. The van der Waals surface area contributed by atoms with E-state index in [4.69, 9.17) is 0 Å². The maximum atomic E-state index is 12.9. The van der Waals surface area contributed by atoms with Gasteiger partial charge in [0.2, 0.25) is 15.9 Å². The zero-order valence-corrected chi connectivity index (χ0v) is 17.5. The highest BCUT2D eigenvalue weighted by Crippen LogP contribution is 2.25. The van der Waals surface area contributed by atoms with E-state index in [2.05, 4.69) is 20.8 Å². The third kappa shape index (κ3) is 4.45. The first kappa shape index (κ1) is 20.9. The van der Waals surface area contributed by atoms with Crippen molar-refractivity contribution in [3.8, 4) is 0 Å². The topological polar surface area (TPSA) is 60.9 Å². The van der Waals surface area contributed by atoms with E-state index in [0.717, 1.165) is 5.56 Å². The third-order valence-electron chi connectivity index (χ3n) is 4.98. The molecule has 1 aromatic rings. The summed E-state index contributed by atoms with van der Waals surface area (Å²) in [5.41, 5.74) is 1.10. The Morgan fingerprint density at radius 2 is 1.54 bits per heavy atom. The number of carbonyl (C=O) groups excluding carboxylic acids is 1. The summed E-state index contributed by atoms with van der Waals surface area (Å²) in [6.45, 7) is 10.1. The zero-order valence-electron chi connectivity index (χ0n) is 16.7. The Balaban J connectivity index is 2.07. The predicted octanol–water partition coefficient (Wildman–Crippen LogP) is 1.77. The minimum absolute atomic E-state index is 0.0109. The van der Waals surface area contributed by atoms with Crippen molar-refractivity contribution in [1.29, 1.82) is 0 Å². The van der Waals surface area contributed by atoms with E-state index in [1.54, 1.807) is 31.1 Å². The van der Waals surface area contributed by atoms with Gasteiger partial charge in [0.15, 0.2) is 0 Å². The number of hydrogen-bond acceptors (Lipinski definition) is 4. The van der Waals surface area contributed by atoms with Crippen molar-refractivity contribution in [3.63, 3.8) is 0 Å². The Bertz CT molecular complexity index is 728. The normalized spacial score (nSPS) is 18.5. The molecule has 1 fully saturated rings. The molecule has 0 spiro atoms. The average Bonchev–Trinajstić information content (AvgIpc) is 2.59. The molecule has 26 heavy (non-hydrogen) atoms. The molecule has 0 bridgehead atoms. The summed E-state index contributed by atoms with van der Waals surface area (Å²) < 4.78 is 27.3. The summed E-state index contributed by atoms with van der Waals surface area (Å²) in [6, 6.07) is 6.93. The molecule has 0 saturated carbocycles. The molecule has 6 nitrogen and oxygen atoms in total. The van der Waals surface area contributed by atoms with Gasteiger partial charge >= 0.3 is 0 Å². The zero-order chi connectivity index (χ0) is 19.7. The van der Waals surface area contributed by atoms with E-state index >= 15 is 0 Å². The Hall–Kier alpha value is -1.44. The molecule has 1 amide bonds. The number of likely N-dealkylation sites (N-methyl/N-ethyl adjacent to an activating group) is 1. The highest BCUT2D eigenvalue weighted by Gasteiger charge is 2.32. The number of carbonyl (C=O) groups is 1. The monoisotopic (exact) mass is 381 g/mol. The van der Waals surface area contributed by atoms with E-state index < -0.39 is 10.0 Å². The van der Waals surface area contributed by atoms with Gasteiger partial charge in [0.1, 0.15) is 0 Å². The quantitative estimate of drug-likeness (QED) is 0.797. The first-order valence-corrected chi connectivity index (χ1v) is 10.4. The van der Waals surface area contributed by atoms with Crippen LogP contribution < -0.4 is 0 Å². The largest absolute Gasteiger partial charge is 0.347 e. The fraction of sp³-hybridized carbons (Fsp3) is 0.632. The molecule has 0 N–H and O–H groups in total. The molecule has 1 heterocycles. The molecule has 7 heteroatoms. The van der Waals surface area contributed by atoms with Crippen molar-refractivity contribution in [2.45, 2.75) is 44.0 Å². The molecule has 0 radical (unpaired) electrons. The van der Waals surface area contributed by atoms with Gasteiger partial charge in [-0.1, -0.05) is 32.9 Å². The lowest BCUT2D eigenvalue weighted by atomic mass is 9.87. The van der Waals surface area contributed by atoms with Gasteiger partial charge in [-0.3, -0.25) is 9.69 Å². The molecule has 1 aliphatic rings.